The highest BCUT2D eigenvalue weighted by Gasteiger charge is 2.08. The van der Waals surface area contributed by atoms with E-state index < -0.39 is 0 Å². The lowest BCUT2D eigenvalue weighted by Crippen LogP contribution is -2.22. The molecular formula is C8H16NO. The van der Waals surface area contributed by atoms with Crippen molar-refractivity contribution in [2.24, 2.45) is 0 Å². The second-order valence-electron chi connectivity index (χ2n) is 2.78. The molecule has 0 aromatic carbocycles. The van der Waals surface area contributed by atoms with Crippen LogP contribution in [-0.4, -0.2) is 24.9 Å². The fraction of sp³-hybridized carbons (Fsp3) is 0.750. The van der Waals surface area contributed by atoms with Crippen LogP contribution in [0.15, 0.2) is 0 Å². The zero-order valence-corrected chi connectivity index (χ0v) is 7.27. The Morgan fingerprint density at radius 3 is 2.20 bits per heavy atom. The maximum absolute atomic E-state index is 11.0. The Bertz CT molecular complexity index is 110. The second-order valence-corrected chi connectivity index (χ2v) is 2.78. The third-order valence-electron chi connectivity index (χ3n) is 1.56. The largest absolute Gasteiger partial charge is 0.349 e. The zero-order chi connectivity index (χ0) is 8.15. The summed E-state index contributed by atoms with van der Waals surface area (Å²) in [5, 5.41) is 0. The average molecular weight is 142 g/mol. The minimum atomic E-state index is 0.194. The molecular weight excluding hydrogens is 126 g/mol. The number of rotatable bonds is 3. The van der Waals surface area contributed by atoms with Gasteiger partial charge in [0, 0.05) is 20.5 Å². The molecule has 0 atom stereocenters. The lowest BCUT2D eigenvalue weighted by Gasteiger charge is -2.12. The summed E-state index contributed by atoms with van der Waals surface area (Å²) >= 11 is 0. The van der Waals surface area contributed by atoms with Crippen molar-refractivity contribution < 1.29 is 4.79 Å². The minimum absolute atomic E-state index is 0.194. The predicted molar refractivity (Wildman–Crippen MR) is 42.5 cm³/mol. The van der Waals surface area contributed by atoms with E-state index in [1.807, 2.05) is 6.92 Å². The lowest BCUT2D eigenvalue weighted by atomic mass is 10.1. The van der Waals surface area contributed by atoms with E-state index in [0.29, 0.717) is 6.42 Å². The molecule has 2 nitrogen and oxygen atoms in total. The van der Waals surface area contributed by atoms with Gasteiger partial charge in [-0.3, -0.25) is 4.79 Å². The molecule has 0 fully saturated rings. The van der Waals surface area contributed by atoms with Crippen LogP contribution >= 0.6 is 0 Å². The van der Waals surface area contributed by atoms with E-state index in [2.05, 4.69) is 6.92 Å². The number of carbonyl (C=O) groups excluding carboxylic acids is 1. The molecule has 0 aliphatic rings. The Kier molecular flexibility index (Phi) is 4.08. The maximum Gasteiger partial charge on any atom is 0.222 e. The van der Waals surface area contributed by atoms with Crippen molar-refractivity contribution in [3.8, 4) is 0 Å². The molecule has 0 aromatic heterocycles. The summed E-state index contributed by atoms with van der Waals surface area (Å²) in [4.78, 5) is 12.6. The molecule has 0 spiro atoms. The molecule has 0 saturated carbocycles. The summed E-state index contributed by atoms with van der Waals surface area (Å²) in [6.07, 6.45) is 1.60. The topological polar surface area (TPSA) is 20.3 Å². The van der Waals surface area contributed by atoms with Crippen LogP contribution in [0.4, 0.5) is 0 Å². The molecule has 0 saturated heterocycles. The summed E-state index contributed by atoms with van der Waals surface area (Å²) in [5.41, 5.74) is 0. The summed E-state index contributed by atoms with van der Waals surface area (Å²) in [7, 11) is 3.57. The van der Waals surface area contributed by atoms with Gasteiger partial charge in [-0.05, 0) is 12.3 Å². The monoisotopic (exact) mass is 142 g/mol. The first-order valence-corrected chi connectivity index (χ1v) is 3.59. The summed E-state index contributed by atoms with van der Waals surface area (Å²) in [6, 6.07) is 0. The molecule has 0 aliphatic carbocycles. The van der Waals surface area contributed by atoms with Crippen LogP contribution in [0.25, 0.3) is 0 Å². The van der Waals surface area contributed by atoms with Gasteiger partial charge >= 0.3 is 0 Å². The van der Waals surface area contributed by atoms with Crippen LogP contribution in [-0.2, 0) is 4.79 Å². The van der Waals surface area contributed by atoms with Crippen molar-refractivity contribution in [2.75, 3.05) is 14.1 Å². The molecule has 0 N–H and O–H groups in total. The summed E-state index contributed by atoms with van der Waals surface area (Å²) < 4.78 is 0. The van der Waals surface area contributed by atoms with Crippen molar-refractivity contribution in [3.63, 3.8) is 0 Å². The Morgan fingerprint density at radius 2 is 1.90 bits per heavy atom. The molecule has 0 heterocycles. The maximum atomic E-state index is 11.0. The SMILES string of the molecule is CC[C](C)CC(=O)N(C)C. The Labute approximate surface area is 63.2 Å². The van der Waals surface area contributed by atoms with Crippen LogP contribution in [0.1, 0.15) is 26.7 Å². The minimum Gasteiger partial charge on any atom is -0.349 e. The van der Waals surface area contributed by atoms with Gasteiger partial charge in [-0.25, -0.2) is 0 Å². The molecule has 0 aromatic rings. The Hall–Kier alpha value is -0.530. The molecule has 2 heteroatoms. The van der Waals surface area contributed by atoms with E-state index in [1.54, 1.807) is 19.0 Å². The van der Waals surface area contributed by atoms with Gasteiger partial charge in [-0.15, -0.1) is 0 Å². The fourth-order valence-corrected chi connectivity index (χ4v) is 0.541. The van der Waals surface area contributed by atoms with E-state index in [4.69, 9.17) is 0 Å². The molecule has 59 valence electrons. The zero-order valence-electron chi connectivity index (χ0n) is 7.27. The number of carbonyl (C=O) groups is 1. The van der Waals surface area contributed by atoms with Gasteiger partial charge in [0.05, 0.1) is 0 Å². The van der Waals surface area contributed by atoms with Crippen LogP contribution in [0.2, 0.25) is 0 Å². The van der Waals surface area contributed by atoms with Crippen LogP contribution in [0.3, 0.4) is 0 Å². The Morgan fingerprint density at radius 1 is 1.40 bits per heavy atom. The van der Waals surface area contributed by atoms with Crippen molar-refractivity contribution in [3.05, 3.63) is 5.92 Å². The predicted octanol–water partition coefficient (Wildman–Crippen LogP) is 1.47. The average Bonchev–Trinajstić information content (AvgIpc) is 1.87. The number of nitrogens with zero attached hydrogens (tertiary/aromatic N) is 1. The second kappa shape index (κ2) is 4.31. The first kappa shape index (κ1) is 9.47. The van der Waals surface area contributed by atoms with E-state index in [-0.39, 0.29) is 5.91 Å². The number of hydrogen-bond acceptors (Lipinski definition) is 1. The number of hydrogen-bond donors (Lipinski definition) is 0. The summed E-state index contributed by atoms with van der Waals surface area (Å²) in [5.74, 6) is 1.44. The summed E-state index contributed by atoms with van der Waals surface area (Å²) in [6.45, 7) is 4.08. The molecule has 10 heavy (non-hydrogen) atoms. The standard InChI is InChI=1S/C8H16NO/c1-5-7(2)6-8(10)9(3)4/h5-6H2,1-4H3. The van der Waals surface area contributed by atoms with E-state index in [0.717, 1.165) is 6.42 Å². The molecule has 0 rings (SSSR count). The highest BCUT2D eigenvalue weighted by molar-refractivity contribution is 5.77. The third-order valence-corrected chi connectivity index (χ3v) is 1.56. The molecule has 0 unspecified atom stereocenters. The third kappa shape index (κ3) is 3.49. The van der Waals surface area contributed by atoms with Crippen LogP contribution in [0, 0.1) is 5.92 Å². The smallest absolute Gasteiger partial charge is 0.222 e. The first-order chi connectivity index (χ1) is 4.57. The lowest BCUT2D eigenvalue weighted by molar-refractivity contribution is -0.128. The van der Waals surface area contributed by atoms with Crippen molar-refractivity contribution >= 4 is 5.91 Å². The van der Waals surface area contributed by atoms with E-state index in [9.17, 15) is 4.79 Å². The van der Waals surface area contributed by atoms with Gasteiger partial charge < -0.3 is 4.90 Å². The quantitative estimate of drug-likeness (QED) is 0.584. The molecule has 0 aliphatic heterocycles. The highest BCUT2D eigenvalue weighted by atomic mass is 16.2. The molecule has 1 amide bonds. The number of amides is 1. The van der Waals surface area contributed by atoms with Gasteiger partial charge in [0.25, 0.3) is 0 Å². The Balaban J connectivity index is 3.57. The molecule has 1 radical (unpaired) electrons. The van der Waals surface area contributed by atoms with E-state index >= 15 is 0 Å². The van der Waals surface area contributed by atoms with Crippen LogP contribution < -0.4 is 0 Å². The van der Waals surface area contributed by atoms with Crippen LogP contribution in [0.5, 0.6) is 0 Å². The van der Waals surface area contributed by atoms with Gasteiger partial charge in [0.2, 0.25) is 5.91 Å². The van der Waals surface area contributed by atoms with Crippen molar-refractivity contribution in [1.29, 1.82) is 0 Å². The van der Waals surface area contributed by atoms with Crippen molar-refractivity contribution in [2.45, 2.75) is 26.7 Å². The highest BCUT2D eigenvalue weighted by Crippen LogP contribution is 2.09. The van der Waals surface area contributed by atoms with Gasteiger partial charge in [-0.2, -0.15) is 0 Å². The fourth-order valence-electron chi connectivity index (χ4n) is 0.541. The van der Waals surface area contributed by atoms with Crippen molar-refractivity contribution in [1.82, 2.24) is 4.90 Å². The van der Waals surface area contributed by atoms with Gasteiger partial charge in [0.15, 0.2) is 0 Å². The normalized spacial score (nSPS) is 10.1. The van der Waals surface area contributed by atoms with Gasteiger partial charge in [0.1, 0.15) is 0 Å². The van der Waals surface area contributed by atoms with E-state index in [1.165, 1.54) is 5.92 Å². The first-order valence-electron chi connectivity index (χ1n) is 3.59. The molecule has 0 bridgehead atoms. The van der Waals surface area contributed by atoms with Gasteiger partial charge in [-0.1, -0.05) is 13.8 Å².